The Labute approximate surface area is 272 Å². The Balaban J connectivity index is 0.00000130. The molecule has 4 rings (SSSR count). The molecule has 3 amide bonds. The van der Waals surface area contributed by atoms with E-state index in [1.807, 2.05) is 36.2 Å². The molecular formula is C35H46ClN5O4. The fraction of sp³-hybridized carbons (Fsp3) is 0.400. The first-order chi connectivity index (χ1) is 21.7. The van der Waals surface area contributed by atoms with E-state index in [1.54, 1.807) is 19.2 Å². The van der Waals surface area contributed by atoms with Gasteiger partial charge in [0.15, 0.2) is 6.54 Å². The van der Waals surface area contributed by atoms with Gasteiger partial charge in [-0.25, -0.2) is 4.79 Å². The minimum absolute atomic E-state index is 0.0656. The van der Waals surface area contributed by atoms with Crippen LogP contribution >= 0.6 is 11.6 Å². The Morgan fingerprint density at radius 1 is 1.02 bits per heavy atom. The van der Waals surface area contributed by atoms with E-state index in [9.17, 15) is 14.8 Å². The summed E-state index contributed by atoms with van der Waals surface area (Å²) in [5.74, 6) is -0.867. The number of quaternary nitrogens is 1. The van der Waals surface area contributed by atoms with Crippen LogP contribution in [0.2, 0.25) is 5.02 Å². The van der Waals surface area contributed by atoms with Gasteiger partial charge in [0, 0.05) is 38.1 Å². The maximum absolute atomic E-state index is 13.6. The van der Waals surface area contributed by atoms with Crippen molar-refractivity contribution in [2.45, 2.75) is 45.2 Å². The van der Waals surface area contributed by atoms with Crippen LogP contribution in [0.4, 0.5) is 0 Å². The summed E-state index contributed by atoms with van der Waals surface area (Å²) in [4.78, 5) is 37.1. The maximum Gasteiger partial charge on any atom is 0.331 e. The average molecular weight is 636 g/mol. The molecule has 0 bridgehead atoms. The number of nitrogens with one attached hydrogen (secondary N) is 3. The normalized spacial score (nSPS) is 18.1. The van der Waals surface area contributed by atoms with Gasteiger partial charge in [0.2, 0.25) is 6.41 Å². The van der Waals surface area contributed by atoms with Crippen molar-refractivity contribution in [3.8, 4) is 11.1 Å². The number of rotatable bonds is 14. The van der Waals surface area contributed by atoms with Crippen molar-refractivity contribution in [2.75, 3.05) is 46.8 Å². The molecule has 1 aliphatic heterocycles. The van der Waals surface area contributed by atoms with Crippen LogP contribution in [0.15, 0.2) is 72.8 Å². The van der Waals surface area contributed by atoms with E-state index in [4.69, 9.17) is 16.4 Å². The molecule has 2 atom stereocenters. The molecule has 0 spiro atoms. The topological polar surface area (TPSA) is 114 Å². The van der Waals surface area contributed by atoms with Crippen molar-refractivity contribution in [1.82, 2.24) is 20.9 Å². The minimum atomic E-state index is -1.13. The highest BCUT2D eigenvalue weighted by Gasteiger charge is 2.42. The molecule has 3 aromatic carbocycles. The lowest BCUT2D eigenvalue weighted by Crippen LogP contribution is -2.66. The third-order valence-corrected chi connectivity index (χ3v) is 8.13. The molecule has 0 aromatic heterocycles. The molecular weight excluding hydrogens is 590 g/mol. The van der Waals surface area contributed by atoms with Crippen molar-refractivity contribution < 1.29 is 19.0 Å². The Hall–Kier alpha value is -3.60. The number of carbonyl (C=O) groups excluding carboxylic acids is 3. The summed E-state index contributed by atoms with van der Waals surface area (Å²) in [5.41, 5.74) is 5.44. The third kappa shape index (κ3) is 11.4. The average Bonchev–Trinajstić information content (AvgIpc) is 3.05. The van der Waals surface area contributed by atoms with Gasteiger partial charge in [0.05, 0.1) is 6.54 Å². The van der Waals surface area contributed by atoms with Gasteiger partial charge in [0.25, 0.3) is 5.91 Å². The van der Waals surface area contributed by atoms with Crippen LogP contribution in [0.5, 0.6) is 0 Å². The van der Waals surface area contributed by atoms with Gasteiger partial charge in [-0.2, -0.15) is 0 Å². The quantitative estimate of drug-likeness (QED) is 0.105. The van der Waals surface area contributed by atoms with E-state index in [1.165, 1.54) is 18.4 Å². The van der Waals surface area contributed by atoms with Crippen LogP contribution in [0, 0.1) is 5.21 Å². The lowest BCUT2D eigenvalue weighted by molar-refractivity contribution is -0.801. The van der Waals surface area contributed by atoms with Gasteiger partial charge in [-0.3, -0.25) is 19.1 Å². The van der Waals surface area contributed by atoms with Crippen molar-refractivity contribution in [3.63, 3.8) is 0 Å². The molecule has 10 heteroatoms. The predicted octanol–water partition coefficient (Wildman–Crippen LogP) is 4.32. The number of amides is 3. The first kappa shape index (κ1) is 35.9. The minimum Gasteiger partial charge on any atom is -0.625 e. The second kappa shape index (κ2) is 18.4. The van der Waals surface area contributed by atoms with E-state index in [0.717, 1.165) is 35.3 Å². The smallest absolute Gasteiger partial charge is 0.331 e. The number of hydrogen-bond acceptors (Lipinski definition) is 6. The molecule has 0 saturated carbocycles. The van der Waals surface area contributed by atoms with Gasteiger partial charge in [-0.1, -0.05) is 85.6 Å². The van der Waals surface area contributed by atoms with Crippen molar-refractivity contribution in [1.29, 1.82) is 0 Å². The van der Waals surface area contributed by atoms with Crippen molar-refractivity contribution in [2.24, 2.45) is 0 Å². The number of hydrogen-bond donors (Lipinski definition) is 3. The van der Waals surface area contributed by atoms with E-state index in [-0.39, 0.29) is 6.54 Å². The van der Waals surface area contributed by atoms with E-state index < -0.39 is 29.0 Å². The Morgan fingerprint density at radius 2 is 1.71 bits per heavy atom. The molecule has 0 aliphatic carbocycles. The number of unbranched alkanes of at least 4 members (excludes halogenated alkanes) is 1. The lowest BCUT2D eigenvalue weighted by atomic mass is 9.97. The SMILES string of the molecule is CCCCNCc1ccc(-c2cccc(CC3C(=O)[N+]([O-])(CC(=O)NCCc4ccc(Cl)cc4)CCN3C)c2)cc1.CNC=O. The molecule has 2 unspecified atom stereocenters. The van der Waals surface area contributed by atoms with Crippen LogP contribution < -0.4 is 16.0 Å². The summed E-state index contributed by atoms with van der Waals surface area (Å²) >= 11 is 5.93. The summed E-state index contributed by atoms with van der Waals surface area (Å²) in [6.07, 6.45) is 4.02. The van der Waals surface area contributed by atoms with Gasteiger partial charge in [-0.05, 0) is 66.4 Å². The first-order valence-electron chi connectivity index (χ1n) is 15.5. The number of halogens is 1. The molecule has 242 valence electrons. The van der Waals surface area contributed by atoms with Crippen LogP contribution in [-0.4, -0.2) is 80.6 Å². The lowest BCUT2D eigenvalue weighted by Gasteiger charge is -2.47. The Kier molecular flexibility index (Phi) is 14.7. The number of hydroxylamine groups is 3. The number of likely N-dealkylation sites (N-methyl/N-ethyl adjacent to an activating group) is 1. The fourth-order valence-electron chi connectivity index (χ4n) is 5.18. The van der Waals surface area contributed by atoms with Gasteiger partial charge in [-0.15, -0.1) is 0 Å². The molecule has 3 N–H and O–H groups in total. The zero-order chi connectivity index (χ0) is 32.7. The summed E-state index contributed by atoms with van der Waals surface area (Å²) in [7, 11) is 3.43. The van der Waals surface area contributed by atoms with Crippen molar-refractivity contribution >= 4 is 29.8 Å². The molecule has 1 fully saturated rings. The summed E-state index contributed by atoms with van der Waals surface area (Å²) in [6, 6.07) is 23.5. The number of carbonyl (C=O) groups is 3. The summed E-state index contributed by atoms with van der Waals surface area (Å²) in [5, 5.41) is 22.8. The van der Waals surface area contributed by atoms with Gasteiger partial charge >= 0.3 is 5.91 Å². The van der Waals surface area contributed by atoms with E-state index >= 15 is 0 Å². The Bertz CT molecular complexity index is 1370. The van der Waals surface area contributed by atoms with E-state index in [2.05, 4.69) is 59.3 Å². The van der Waals surface area contributed by atoms with Crippen LogP contribution in [0.1, 0.15) is 36.5 Å². The first-order valence-corrected chi connectivity index (χ1v) is 15.9. The molecule has 9 nitrogen and oxygen atoms in total. The van der Waals surface area contributed by atoms with Gasteiger partial charge in [0.1, 0.15) is 6.04 Å². The highest BCUT2D eigenvalue weighted by atomic mass is 35.5. The summed E-state index contributed by atoms with van der Waals surface area (Å²) < 4.78 is -1.13. The molecule has 45 heavy (non-hydrogen) atoms. The molecule has 1 saturated heterocycles. The van der Waals surface area contributed by atoms with Crippen LogP contribution in [-0.2, 0) is 33.8 Å². The maximum atomic E-state index is 13.6. The monoisotopic (exact) mass is 635 g/mol. The molecule has 0 radical (unpaired) electrons. The van der Waals surface area contributed by atoms with Gasteiger partial charge < -0.3 is 21.2 Å². The standard InChI is InChI=1S/C33H41ClN4O3.C2H5NO/c1-3-4-17-35-23-26-8-12-28(13-9-26)29-7-5-6-27(21-29)22-31-33(40)38(41,20-19-37(31)2)24-32(39)36-18-16-25-10-14-30(34)15-11-25;1-3-2-4/h5-15,21,31,35H,3-4,16-20,22-24H2,1-2H3,(H,36,39);2H,1H3,(H,3,4). The fourth-order valence-corrected chi connectivity index (χ4v) is 5.31. The van der Waals surface area contributed by atoms with E-state index in [0.29, 0.717) is 37.4 Å². The van der Waals surface area contributed by atoms with Crippen LogP contribution in [0.3, 0.4) is 0 Å². The van der Waals surface area contributed by atoms with Crippen LogP contribution in [0.25, 0.3) is 11.1 Å². The zero-order valence-electron chi connectivity index (χ0n) is 26.6. The second-order valence-corrected chi connectivity index (χ2v) is 11.8. The number of piperazine rings is 1. The third-order valence-electron chi connectivity index (χ3n) is 7.88. The van der Waals surface area contributed by atoms with Crippen molar-refractivity contribution in [3.05, 3.63) is 99.7 Å². The molecule has 3 aromatic rings. The Morgan fingerprint density at radius 3 is 2.38 bits per heavy atom. The number of benzene rings is 3. The molecule has 1 aliphatic rings. The zero-order valence-corrected chi connectivity index (χ0v) is 27.3. The predicted molar refractivity (Wildman–Crippen MR) is 180 cm³/mol. The highest BCUT2D eigenvalue weighted by molar-refractivity contribution is 6.30. The largest absolute Gasteiger partial charge is 0.625 e. The molecule has 1 heterocycles. The highest BCUT2D eigenvalue weighted by Crippen LogP contribution is 2.25. The number of nitrogens with zero attached hydrogens (tertiary/aromatic N) is 2. The summed E-state index contributed by atoms with van der Waals surface area (Å²) in [6.45, 7) is 4.57. The second-order valence-electron chi connectivity index (χ2n) is 11.4.